The van der Waals surface area contributed by atoms with Gasteiger partial charge in [-0.1, -0.05) is 13.8 Å². The van der Waals surface area contributed by atoms with Gasteiger partial charge in [-0.25, -0.2) is 4.79 Å². The summed E-state index contributed by atoms with van der Waals surface area (Å²) in [5.41, 5.74) is -0.364. The van der Waals surface area contributed by atoms with Crippen LogP contribution in [0.15, 0.2) is 0 Å². The van der Waals surface area contributed by atoms with Crippen LogP contribution in [-0.4, -0.2) is 16.2 Å². The van der Waals surface area contributed by atoms with Gasteiger partial charge in [0.1, 0.15) is 5.60 Å². The molecule has 72 valence electrons. The molecular formula is C9H18O2S. The molecule has 3 heteroatoms. The smallest absolute Gasteiger partial charge is 0.368 e. The van der Waals surface area contributed by atoms with Crippen LogP contribution in [-0.2, 0) is 4.74 Å². The quantitative estimate of drug-likeness (QED) is 0.624. The van der Waals surface area contributed by atoms with E-state index in [1.54, 1.807) is 0 Å². The maximum absolute atomic E-state index is 11.2. The summed E-state index contributed by atoms with van der Waals surface area (Å²) in [5, 5.41) is 0.178. The number of hydrogen-bond acceptors (Lipinski definition) is 3. The molecule has 0 heterocycles. The monoisotopic (exact) mass is 190 g/mol. The van der Waals surface area contributed by atoms with E-state index in [1.165, 1.54) is 11.8 Å². The van der Waals surface area contributed by atoms with Gasteiger partial charge in [0, 0.05) is 5.25 Å². The summed E-state index contributed by atoms with van der Waals surface area (Å²) < 4.78 is 5.13. The molecule has 0 aromatic rings. The second-order valence-electron chi connectivity index (χ2n) is 3.80. The lowest BCUT2D eigenvalue weighted by atomic mass is 10.2. The van der Waals surface area contributed by atoms with Gasteiger partial charge in [0.2, 0.25) is 0 Å². The minimum absolute atomic E-state index is 0.170. The zero-order chi connectivity index (χ0) is 9.78. The maximum atomic E-state index is 11.2. The van der Waals surface area contributed by atoms with Crippen molar-refractivity contribution in [1.82, 2.24) is 0 Å². The Morgan fingerprint density at radius 1 is 1.50 bits per heavy atom. The highest BCUT2D eigenvalue weighted by molar-refractivity contribution is 8.13. The Kier molecular flexibility index (Phi) is 4.68. The van der Waals surface area contributed by atoms with E-state index in [4.69, 9.17) is 4.74 Å². The van der Waals surface area contributed by atoms with E-state index in [0.29, 0.717) is 5.25 Å². The summed E-state index contributed by atoms with van der Waals surface area (Å²) in [6, 6.07) is 0. The highest BCUT2D eigenvalue weighted by atomic mass is 32.2. The molecule has 0 aromatic heterocycles. The third-order valence-electron chi connectivity index (χ3n) is 1.26. The molecule has 0 amide bonds. The molecule has 0 bridgehead atoms. The number of rotatable bonds is 2. The van der Waals surface area contributed by atoms with Crippen LogP contribution in [0.5, 0.6) is 0 Å². The van der Waals surface area contributed by atoms with Crippen LogP contribution < -0.4 is 0 Å². The first-order valence-corrected chi connectivity index (χ1v) is 5.12. The molecule has 0 rings (SSSR count). The lowest BCUT2D eigenvalue weighted by Crippen LogP contribution is -2.22. The summed E-state index contributed by atoms with van der Waals surface area (Å²) in [6.45, 7) is 9.71. The van der Waals surface area contributed by atoms with E-state index >= 15 is 0 Å². The van der Waals surface area contributed by atoms with Gasteiger partial charge >= 0.3 is 5.30 Å². The Balaban J connectivity index is 3.75. The molecule has 0 aromatic carbocycles. The van der Waals surface area contributed by atoms with Crippen molar-refractivity contribution in [2.24, 2.45) is 0 Å². The van der Waals surface area contributed by atoms with Gasteiger partial charge in [-0.15, -0.1) is 0 Å². The van der Waals surface area contributed by atoms with Gasteiger partial charge < -0.3 is 4.74 Å². The Bertz CT molecular complexity index is 149. The fourth-order valence-corrected chi connectivity index (χ4v) is 1.31. The SMILES string of the molecule is CCC(C)SC(=O)OC(C)(C)C. The van der Waals surface area contributed by atoms with Gasteiger partial charge in [0.25, 0.3) is 0 Å². The lowest BCUT2D eigenvalue weighted by molar-refractivity contribution is 0.0737. The van der Waals surface area contributed by atoms with Crippen molar-refractivity contribution in [3.05, 3.63) is 0 Å². The van der Waals surface area contributed by atoms with Gasteiger partial charge in [0.05, 0.1) is 0 Å². The Morgan fingerprint density at radius 2 is 2.00 bits per heavy atom. The summed E-state index contributed by atoms with van der Waals surface area (Å²) in [5.74, 6) is 0. The normalized spacial score (nSPS) is 14.1. The summed E-state index contributed by atoms with van der Waals surface area (Å²) in [7, 11) is 0. The molecule has 0 fully saturated rings. The number of thioether (sulfide) groups is 1. The Morgan fingerprint density at radius 3 is 2.33 bits per heavy atom. The van der Waals surface area contributed by atoms with Crippen LogP contribution in [0, 0.1) is 0 Å². The molecular weight excluding hydrogens is 172 g/mol. The van der Waals surface area contributed by atoms with Gasteiger partial charge in [0.15, 0.2) is 0 Å². The van der Waals surface area contributed by atoms with E-state index in [2.05, 4.69) is 6.92 Å². The molecule has 1 atom stereocenters. The van der Waals surface area contributed by atoms with Crippen molar-refractivity contribution in [3.63, 3.8) is 0 Å². The summed E-state index contributed by atoms with van der Waals surface area (Å²) in [4.78, 5) is 11.2. The van der Waals surface area contributed by atoms with Crippen molar-refractivity contribution in [2.75, 3.05) is 0 Å². The highest BCUT2D eigenvalue weighted by Crippen LogP contribution is 2.20. The molecule has 2 nitrogen and oxygen atoms in total. The van der Waals surface area contributed by atoms with Crippen LogP contribution >= 0.6 is 11.8 Å². The lowest BCUT2D eigenvalue weighted by Gasteiger charge is -2.19. The molecule has 0 radical (unpaired) electrons. The van der Waals surface area contributed by atoms with Gasteiger partial charge in [-0.2, -0.15) is 0 Å². The van der Waals surface area contributed by atoms with Crippen molar-refractivity contribution in [1.29, 1.82) is 0 Å². The minimum atomic E-state index is -0.364. The van der Waals surface area contributed by atoms with Crippen LogP contribution in [0.4, 0.5) is 4.79 Å². The molecule has 0 aliphatic carbocycles. The topological polar surface area (TPSA) is 26.3 Å². The molecule has 0 spiro atoms. The van der Waals surface area contributed by atoms with E-state index in [9.17, 15) is 4.79 Å². The summed E-state index contributed by atoms with van der Waals surface area (Å²) in [6.07, 6.45) is 0.990. The van der Waals surface area contributed by atoms with Crippen LogP contribution in [0.2, 0.25) is 0 Å². The minimum Gasteiger partial charge on any atom is -0.452 e. The predicted molar refractivity (Wildman–Crippen MR) is 53.6 cm³/mol. The van der Waals surface area contributed by atoms with E-state index in [0.717, 1.165) is 6.42 Å². The van der Waals surface area contributed by atoms with Crippen molar-refractivity contribution in [3.8, 4) is 0 Å². The van der Waals surface area contributed by atoms with E-state index in [1.807, 2.05) is 27.7 Å². The molecule has 0 saturated heterocycles. The van der Waals surface area contributed by atoms with Crippen LogP contribution in [0.25, 0.3) is 0 Å². The third-order valence-corrected chi connectivity index (χ3v) is 2.27. The molecule has 12 heavy (non-hydrogen) atoms. The standard InChI is InChI=1S/C9H18O2S/c1-6-7(2)12-8(10)11-9(3,4)5/h7H,6H2,1-5H3. The van der Waals surface area contributed by atoms with Crippen molar-refractivity contribution < 1.29 is 9.53 Å². The fraction of sp³-hybridized carbons (Fsp3) is 0.889. The number of carbonyl (C=O) groups is 1. The van der Waals surface area contributed by atoms with Crippen molar-refractivity contribution >= 4 is 17.1 Å². The molecule has 0 aliphatic heterocycles. The van der Waals surface area contributed by atoms with Crippen molar-refractivity contribution in [2.45, 2.75) is 51.9 Å². The zero-order valence-electron chi connectivity index (χ0n) is 8.51. The first-order valence-electron chi connectivity index (χ1n) is 4.24. The number of carbonyl (C=O) groups excluding carboxylic acids is 1. The Labute approximate surface area is 79.1 Å². The van der Waals surface area contributed by atoms with Gasteiger partial charge in [-0.3, -0.25) is 0 Å². The van der Waals surface area contributed by atoms with Crippen LogP contribution in [0.3, 0.4) is 0 Å². The van der Waals surface area contributed by atoms with E-state index < -0.39 is 0 Å². The average Bonchev–Trinajstić information content (AvgIpc) is 1.82. The second-order valence-corrected chi connectivity index (χ2v) is 5.17. The molecule has 1 unspecified atom stereocenters. The fourth-order valence-electron chi connectivity index (χ4n) is 0.522. The van der Waals surface area contributed by atoms with E-state index in [-0.39, 0.29) is 10.9 Å². The maximum Gasteiger partial charge on any atom is 0.368 e. The average molecular weight is 190 g/mol. The Hall–Kier alpha value is -0.180. The first-order chi connectivity index (χ1) is 5.35. The third kappa shape index (κ3) is 6.53. The molecule has 0 aliphatic rings. The molecule has 0 N–H and O–H groups in total. The number of ether oxygens (including phenoxy) is 1. The zero-order valence-corrected chi connectivity index (χ0v) is 9.33. The van der Waals surface area contributed by atoms with Crippen LogP contribution in [0.1, 0.15) is 41.0 Å². The number of hydrogen-bond donors (Lipinski definition) is 0. The highest BCUT2D eigenvalue weighted by Gasteiger charge is 2.18. The van der Waals surface area contributed by atoms with Gasteiger partial charge in [-0.05, 0) is 39.0 Å². The summed E-state index contributed by atoms with van der Waals surface area (Å²) >= 11 is 1.27. The first kappa shape index (κ1) is 11.8. The second kappa shape index (κ2) is 4.75. The largest absolute Gasteiger partial charge is 0.452 e. The molecule has 0 saturated carbocycles. The predicted octanol–water partition coefficient (Wildman–Crippen LogP) is 3.45.